The summed E-state index contributed by atoms with van der Waals surface area (Å²) >= 11 is 0. The highest BCUT2D eigenvalue weighted by Crippen LogP contribution is 2.28. The molecule has 10 heteroatoms. The van der Waals surface area contributed by atoms with E-state index < -0.39 is 10.2 Å². The van der Waals surface area contributed by atoms with Gasteiger partial charge in [0.15, 0.2) is 11.6 Å². The Kier molecular flexibility index (Phi) is 5.66. The molecule has 1 aromatic carbocycles. The maximum atomic E-state index is 11.8. The molecule has 0 spiro atoms. The second-order valence-corrected chi connectivity index (χ2v) is 8.20. The van der Waals surface area contributed by atoms with Gasteiger partial charge in [-0.2, -0.15) is 12.7 Å². The third-order valence-corrected chi connectivity index (χ3v) is 5.82. The molecule has 0 unspecified atom stereocenters. The predicted octanol–water partition coefficient (Wildman–Crippen LogP) is 1.03. The summed E-state index contributed by atoms with van der Waals surface area (Å²) in [4.78, 5) is 4.41. The van der Waals surface area contributed by atoms with E-state index >= 15 is 0 Å². The van der Waals surface area contributed by atoms with Crippen LogP contribution in [0.5, 0.6) is 5.75 Å². The molecule has 0 bridgehead atoms. The summed E-state index contributed by atoms with van der Waals surface area (Å²) < 4.78 is 32.6. The van der Waals surface area contributed by atoms with Crippen molar-refractivity contribution in [3.05, 3.63) is 36.4 Å². The van der Waals surface area contributed by atoms with E-state index in [0.717, 1.165) is 47.7 Å². The first-order chi connectivity index (χ1) is 12.9. The zero-order valence-corrected chi connectivity index (χ0v) is 16.5. The molecule has 27 heavy (non-hydrogen) atoms. The highest BCUT2D eigenvalue weighted by molar-refractivity contribution is 7.90. The number of anilines is 3. The fourth-order valence-corrected chi connectivity index (χ4v) is 3.39. The van der Waals surface area contributed by atoms with Gasteiger partial charge in [0, 0.05) is 40.3 Å². The number of para-hydroxylation sites is 2. The van der Waals surface area contributed by atoms with Crippen LogP contribution >= 0.6 is 0 Å². The van der Waals surface area contributed by atoms with Gasteiger partial charge in [-0.3, -0.25) is 4.72 Å². The second-order valence-electron chi connectivity index (χ2n) is 6.31. The molecule has 0 saturated carbocycles. The van der Waals surface area contributed by atoms with E-state index in [-0.39, 0.29) is 5.82 Å². The molecule has 0 atom stereocenters. The molecule has 9 nitrogen and oxygen atoms in total. The van der Waals surface area contributed by atoms with Gasteiger partial charge in [0.1, 0.15) is 5.75 Å². The van der Waals surface area contributed by atoms with E-state index in [1.54, 1.807) is 19.2 Å². The molecular formula is C17H24N6O3S. The van der Waals surface area contributed by atoms with Crippen LogP contribution in [0.25, 0.3) is 0 Å². The van der Waals surface area contributed by atoms with Crippen molar-refractivity contribution in [2.24, 2.45) is 0 Å². The third kappa shape index (κ3) is 4.40. The number of piperazine rings is 1. The van der Waals surface area contributed by atoms with Crippen molar-refractivity contribution in [3.63, 3.8) is 0 Å². The van der Waals surface area contributed by atoms with E-state index in [4.69, 9.17) is 4.74 Å². The molecule has 1 aliphatic heterocycles. The summed E-state index contributed by atoms with van der Waals surface area (Å²) in [6.45, 7) is 3.24. The zero-order valence-electron chi connectivity index (χ0n) is 15.7. The van der Waals surface area contributed by atoms with Gasteiger partial charge < -0.3 is 14.5 Å². The van der Waals surface area contributed by atoms with E-state index in [1.807, 2.05) is 18.2 Å². The van der Waals surface area contributed by atoms with E-state index in [2.05, 4.69) is 30.8 Å². The second kappa shape index (κ2) is 7.97. The summed E-state index contributed by atoms with van der Waals surface area (Å²) in [7, 11) is 0.992. The average molecular weight is 392 g/mol. The minimum Gasteiger partial charge on any atom is -0.495 e. The maximum absolute atomic E-state index is 11.8. The lowest BCUT2D eigenvalue weighted by atomic mass is 10.2. The normalized spacial score (nSPS) is 15.1. The zero-order chi connectivity index (χ0) is 19.4. The molecule has 0 aliphatic carbocycles. The standard InChI is InChI=1S/C17H24N6O3S/c1-21(2)27(24,25)20-16-8-9-17(19-18-16)23-12-10-22(11-13-23)14-6-4-5-7-15(14)26-3/h4-9H,10-13H2,1-3H3,(H,18,20). The molecule has 2 aromatic rings. The molecule has 2 heterocycles. The van der Waals surface area contributed by atoms with Gasteiger partial charge in [0.25, 0.3) is 0 Å². The molecule has 146 valence electrons. The lowest BCUT2D eigenvalue weighted by Gasteiger charge is -2.37. The topological polar surface area (TPSA) is 90.9 Å². The van der Waals surface area contributed by atoms with Gasteiger partial charge in [-0.1, -0.05) is 12.1 Å². The van der Waals surface area contributed by atoms with Crippen LogP contribution in [0.4, 0.5) is 17.3 Å². The van der Waals surface area contributed by atoms with Crippen LogP contribution in [-0.4, -0.2) is 70.3 Å². The number of nitrogens with one attached hydrogen (secondary N) is 1. The van der Waals surface area contributed by atoms with E-state index in [0.29, 0.717) is 0 Å². The number of benzene rings is 1. The van der Waals surface area contributed by atoms with Crippen molar-refractivity contribution >= 4 is 27.5 Å². The number of aromatic nitrogens is 2. The molecule has 1 N–H and O–H groups in total. The van der Waals surface area contributed by atoms with Crippen LogP contribution in [0.3, 0.4) is 0 Å². The first kappa shape index (κ1) is 19.2. The summed E-state index contributed by atoms with van der Waals surface area (Å²) in [6.07, 6.45) is 0. The van der Waals surface area contributed by atoms with Crippen LogP contribution < -0.4 is 19.3 Å². The maximum Gasteiger partial charge on any atom is 0.302 e. The summed E-state index contributed by atoms with van der Waals surface area (Å²) in [5.41, 5.74) is 1.08. The molecule has 1 saturated heterocycles. The van der Waals surface area contributed by atoms with Gasteiger partial charge in [0.05, 0.1) is 12.8 Å². The Morgan fingerprint density at radius 3 is 2.26 bits per heavy atom. The first-order valence-electron chi connectivity index (χ1n) is 8.57. The summed E-state index contributed by atoms with van der Waals surface area (Å²) in [5.74, 6) is 1.78. The minimum atomic E-state index is -3.58. The number of nitrogens with zero attached hydrogens (tertiary/aromatic N) is 5. The van der Waals surface area contributed by atoms with Crippen molar-refractivity contribution in [1.29, 1.82) is 0 Å². The molecule has 0 amide bonds. The van der Waals surface area contributed by atoms with Crippen LogP contribution in [-0.2, 0) is 10.2 Å². The largest absolute Gasteiger partial charge is 0.495 e. The first-order valence-corrected chi connectivity index (χ1v) is 10.0. The third-order valence-electron chi connectivity index (χ3n) is 4.39. The molecule has 1 aliphatic rings. The number of rotatable bonds is 6. The smallest absolute Gasteiger partial charge is 0.302 e. The Morgan fingerprint density at radius 1 is 1.00 bits per heavy atom. The van der Waals surface area contributed by atoms with Crippen molar-refractivity contribution < 1.29 is 13.2 Å². The van der Waals surface area contributed by atoms with Crippen molar-refractivity contribution in [1.82, 2.24) is 14.5 Å². The molecule has 3 rings (SSSR count). The lowest BCUT2D eigenvalue weighted by molar-refractivity contribution is 0.413. The molecule has 1 aromatic heterocycles. The van der Waals surface area contributed by atoms with Crippen LogP contribution in [0.15, 0.2) is 36.4 Å². The summed E-state index contributed by atoms with van der Waals surface area (Å²) in [5, 5.41) is 8.15. The Balaban J connectivity index is 1.63. The summed E-state index contributed by atoms with van der Waals surface area (Å²) in [6, 6.07) is 11.4. The van der Waals surface area contributed by atoms with E-state index in [9.17, 15) is 8.42 Å². The van der Waals surface area contributed by atoms with E-state index in [1.165, 1.54) is 14.1 Å². The van der Waals surface area contributed by atoms with Gasteiger partial charge in [-0.05, 0) is 24.3 Å². The quantitative estimate of drug-likeness (QED) is 0.785. The molecular weight excluding hydrogens is 368 g/mol. The van der Waals surface area contributed by atoms with Gasteiger partial charge in [0.2, 0.25) is 0 Å². The Morgan fingerprint density at radius 2 is 1.67 bits per heavy atom. The average Bonchev–Trinajstić information content (AvgIpc) is 2.68. The number of ether oxygens (including phenoxy) is 1. The molecule has 1 fully saturated rings. The van der Waals surface area contributed by atoms with Crippen LogP contribution in [0.1, 0.15) is 0 Å². The number of methoxy groups -OCH3 is 1. The lowest BCUT2D eigenvalue weighted by Crippen LogP contribution is -2.47. The highest BCUT2D eigenvalue weighted by atomic mass is 32.2. The highest BCUT2D eigenvalue weighted by Gasteiger charge is 2.21. The Hall–Kier alpha value is -2.59. The number of hydrogen-bond acceptors (Lipinski definition) is 7. The fourth-order valence-electron chi connectivity index (χ4n) is 2.84. The minimum absolute atomic E-state index is 0.195. The van der Waals surface area contributed by atoms with Gasteiger partial charge in [-0.15, -0.1) is 10.2 Å². The van der Waals surface area contributed by atoms with Gasteiger partial charge >= 0.3 is 10.2 Å². The fraction of sp³-hybridized carbons (Fsp3) is 0.412. The van der Waals surface area contributed by atoms with Crippen molar-refractivity contribution in [2.45, 2.75) is 0 Å². The molecule has 0 radical (unpaired) electrons. The van der Waals surface area contributed by atoms with Crippen LogP contribution in [0.2, 0.25) is 0 Å². The monoisotopic (exact) mass is 392 g/mol. The van der Waals surface area contributed by atoms with Crippen LogP contribution in [0, 0.1) is 0 Å². The number of hydrogen-bond donors (Lipinski definition) is 1. The Bertz CT molecular complexity index is 864. The Labute approximate surface area is 159 Å². The SMILES string of the molecule is COc1ccccc1N1CCN(c2ccc(NS(=O)(=O)N(C)C)nn2)CC1. The predicted molar refractivity (Wildman–Crippen MR) is 106 cm³/mol. The van der Waals surface area contributed by atoms with Crippen molar-refractivity contribution in [3.8, 4) is 5.75 Å². The van der Waals surface area contributed by atoms with Gasteiger partial charge in [-0.25, -0.2) is 0 Å². The van der Waals surface area contributed by atoms with Crippen molar-refractivity contribution in [2.75, 3.05) is 61.9 Å².